The molecule has 0 aliphatic carbocycles. The largest absolute Gasteiger partial charge is 0.497 e. The maximum Gasteiger partial charge on any atom is 0.171 e. The minimum atomic E-state index is -0.262. The summed E-state index contributed by atoms with van der Waals surface area (Å²) < 4.78 is 5.51. The van der Waals surface area contributed by atoms with E-state index < -0.39 is 0 Å². The lowest BCUT2D eigenvalue weighted by atomic mass is 9.66. The van der Waals surface area contributed by atoms with Crippen LogP contribution in [0.1, 0.15) is 61.9 Å². The fourth-order valence-corrected chi connectivity index (χ4v) is 6.17. The number of pyridine rings is 1. The first-order valence-corrected chi connectivity index (χ1v) is 12.9. The first kappa shape index (κ1) is 24.7. The Morgan fingerprint density at radius 3 is 2.47 bits per heavy atom. The molecule has 3 unspecified atom stereocenters. The van der Waals surface area contributed by atoms with Crippen molar-refractivity contribution in [3.05, 3.63) is 70.9 Å². The Kier molecular flexibility index (Phi) is 7.90. The molecule has 3 atom stereocenters. The number of aromatic nitrogens is 1. The summed E-state index contributed by atoms with van der Waals surface area (Å²) in [6.07, 6.45) is 5.40. The van der Waals surface area contributed by atoms with Crippen LogP contribution in [0.3, 0.4) is 0 Å². The number of hydrogen-bond donors (Lipinski definition) is 0. The van der Waals surface area contributed by atoms with E-state index >= 15 is 0 Å². The van der Waals surface area contributed by atoms with Gasteiger partial charge in [-0.2, -0.15) is 0 Å². The molecule has 34 heavy (non-hydrogen) atoms. The fraction of sp³-hybridized carbons (Fsp3) is 0.448. The SMILES string of the molecule is CC.CCC1C2CCN(CC2)C1C(C(=O)c1ccc(Cl)cc1)c1ccnc2ccc(OC)cc12. The van der Waals surface area contributed by atoms with E-state index in [1.54, 1.807) is 7.11 Å². The monoisotopic (exact) mass is 478 g/mol. The molecular formula is C29H35ClN2O2. The van der Waals surface area contributed by atoms with Gasteiger partial charge in [-0.3, -0.25) is 14.7 Å². The number of carbonyl (C=O) groups is 1. The van der Waals surface area contributed by atoms with Gasteiger partial charge in [0.2, 0.25) is 0 Å². The summed E-state index contributed by atoms with van der Waals surface area (Å²) in [7, 11) is 1.67. The second kappa shape index (κ2) is 10.9. The van der Waals surface area contributed by atoms with Crippen LogP contribution in [-0.2, 0) is 0 Å². The van der Waals surface area contributed by atoms with Crippen LogP contribution in [0.25, 0.3) is 10.9 Å². The van der Waals surface area contributed by atoms with Gasteiger partial charge in [0.25, 0.3) is 0 Å². The van der Waals surface area contributed by atoms with Crippen LogP contribution >= 0.6 is 11.6 Å². The van der Waals surface area contributed by atoms with E-state index in [2.05, 4.69) is 16.8 Å². The Labute approximate surface area is 208 Å². The van der Waals surface area contributed by atoms with Crippen LogP contribution < -0.4 is 4.74 Å². The van der Waals surface area contributed by atoms with E-state index in [1.165, 1.54) is 12.8 Å². The van der Waals surface area contributed by atoms with Gasteiger partial charge in [0.15, 0.2) is 5.78 Å². The van der Waals surface area contributed by atoms with Gasteiger partial charge in [0.05, 0.1) is 18.5 Å². The number of carbonyl (C=O) groups excluding carboxylic acids is 1. The molecule has 5 heteroatoms. The van der Waals surface area contributed by atoms with E-state index in [9.17, 15) is 4.79 Å². The minimum absolute atomic E-state index is 0.160. The molecule has 3 aliphatic rings. The number of rotatable bonds is 6. The predicted molar refractivity (Wildman–Crippen MR) is 140 cm³/mol. The first-order valence-electron chi connectivity index (χ1n) is 12.6. The highest BCUT2D eigenvalue weighted by molar-refractivity contribution is 6.30. The number of fused-ring (bicyclic) bond motifs is 4. The number of hydrogen-bond acceptors (Lipinski definition) is 4. The van der Waals surface area contributed by atoms with Gasteiger partial charge in [0.1, 0.15) is 5.75 Å². The highest BCUT2D eigenvalue weighted by Gasteiger charge is 2.47. The normalized spacial score (nSPS) is 24.3. The third-order valence-corrected chi connectivity index (χ3v) is 7.83. The van der Waals surface area contributed by atoms with Crippen LogP contribution in [0.2, 0.25) is 5.02 Å². The van der Waals surface area contributed by atoms with Gasteiger partial charge < -0.3 is 4.74 Å². The highest BCUT2D eigenvalue weighted by Crippen LogP contribution is 2.46. The summed E-state index contributed by atoms with van der Waals surface area (Å²) in [6, 6.07) is 15.5. The molecule has 6 rings (SSSR count). The van der Waals surface area contributed by atoms with Crippen molar-refractivity contribution in [3.8, 4) is 5.75 Å². The van der Waals surface area contributed by atoms with E-state index in [1.807, 2.05) is 68.6 Å². The Morgan fingerprint density at radius 2 is 1.82 bits per heavy atom. The van der Waals surface area contributed by atoms with Crippen molar-refractivity contribution in [2.75, 3.05) is 20.2 Å². The summed E-state index contributed by atoms with van der Waals surface area (Å²) in [6.45, 7) is 8.42. The van der Waals surface area contributed by atoms with Crippen molar-refractivity contribution in [1.29, 1.82) is 0 Å². The first-order chi connectivity index (χ1) is 16.6. The molecular weight excluding hydrogens is 444 g/mol. The van der Waals surface area contributed by atoms with Crippen molar-refractivity contribution < 1.29 is 9.53 Å². The molecule has 0 radical (unpaired) electrons. The number of methoxy groups -OCH3 is 1. The second-order valence-electron chi connectivity index (χ2n) is 9.07. The van der Waals surface area contributed by atoms with E-state index in [-0.39, 0.29) is 17.7 Å². The van der Waals surface area contributed by atoms with Crippen molar-refractivity contribution in [3.63, 3.8) is 0 Å². The molecule has 0 spiro atoms. The topological polar surface area (TPSA) is 42.4 Å². The van der Waals surface area contributed by atoms with Crippen LogP contribution in [-0.4, -0.2) is 41.9 Å². The van der Waals surface area contributed by atoms with Gasteiger partial charge in [-0.1, -0.05) is 38.8 Å². The number of piperidine rings is 3. The summed E-state index contributed by atoms with van der Waals surface area (Å²) in [5.41, 5.74) is 2.65. The molecule has 1 aromatic heterocycles. The zero-order valence-electron chi connectivity index (χ0n) is 20.6. The quantitative estimate of drug-likeness (QED) is 0.357. The predicted octanol–water partition coefficient (Wildman–Crippen LogP) is 7.01. The van der Waals surface area contributed by atoms with Crippen LogP contribution in [0, 0.1) is 11.8 Å². The Bertz CT molecular complexity index is 1120. The van der Waals surface area contributed by atoms with Crippen LogP contribution in [0.4, 0.5) is 0 Å². The summed E-state index contributed by atoms with van der Waals surface area (Å²) in [5.74, 6) is 1.88. The van der Waals surface area contributed by atoms with Crippen LogP contribution in [0.15, 0.2) is 54.7 Å². The zero-order chi connectivity index (χ0) is 24.2. The molecule has 4 nitrogen and oxygen atoms in total. The van der Waals surface area contributed by atoms with Gasteiger partial charge in [0, 0.05) is 28.2 Å². The Morgan fingerprint density at radius 1 is 1.12 bits per heavy atom. The number of Topliss-reactive ketones (excluding diaryl/α,β-unsaturated/α-hetero) is 1. The van der Waals surface area contributed by atoms with E-state index in [4.69, 9.17) is 16.3 Å². The van der Waals surface area contributed by atoms with Crippen molar-refractivity contribution in [2.45, 2.75) is 52.0 Å². The molecule has 0 amide bonds. The maximum atomic E-state index is 14.2. The summed E-state index contributed by atoms with van der Waals surface area (Å²) >= 11 is 6.13. The lowest BCUT2D eigenvalue weighted by Crippen LogP contribution is -2.58. The average Bonchev–Trinajstić information content (AvgIpc) is 2.90. The standard InChI is InChI=1S/C27H29ClN2O2.C2H6/c1-3-21-17-11-14-30(15-12-17)26(21)25(27(31)18-4-6-19(28)7-5-18)22-10-13-29-24-9-8-20(32-2)16-23(22)24;1-2/h4-10,13,16-17,21,25-26H,3,11-12,14-15H2,1-2H3;1-2H3. The van der Waals surface area contributed by atoms with Crippen molar-refractivity contribution in [1.82, 2.24) is 9.88 Å². The third kappa shape index (κ3) is 4.58. The lowest BCUT2D eigenvalue weighted by Gasteiger charge is -2.53. The molecule has 3 saturated heterocycles. The molecule has 3 aliphatic heterocycles. The van der Waals surface area contributed by atoms with Gasteiger partial charge in [-0.15, -0.1) is 0 Å². The Hall–Kier alpha value is -2.43. The minimum Gasteiger partial charge on any atom is -0.497 e. The average molecular weight is 479 g/mol. The third-order valence-electron chi connectivity index (χ3n) is 7.58. The van der Waals surface area contributed by atoms with Gasteiger partial charge in [-0.05, 0) is 91.9 Å². The lowest BCUT2D eigenvalue weighted by molar-refractivity contribution is -0.0212. The molecule has 0 N–H and O–H groups in total. The molecule has 3 aromatic rings. The summed E-state index contributed by atoms with van der Waals surface area (Å²) in [4.78, 5) is 21.3. The number of halogens is 1. The van der Waals surface area contributed by atoms with Gasteiger partial charge >= 0.3 is 0 Å². The van der Waals surface area contributed by atoms with Crippen molar-refractivity contribution >= 4 is 28.3 Å². The van der Waals surface area contributed by atoms with Crippen LogP contribution in [0.5, 0.6) is 5.75 Å². The highest BCUT2D eigenvalue weighted by atomic mass is 35.5. The number of ether oxygens (including phenoxy) is 1. The molecule has 180 valence electrons. The summed E-state index contributed by atoms with van der Waals surface area (Å²) in [5, 5.41) is 1.64. The molecule has 3 fully saturated rings. The van der Waals surface area contributed by atoms with E-state index in [0.717, 1.165) is 41.7 Å². The number of benzene rings is 2. The molecule has 4 heterocycles. The van der Waals surface area contributed by atoms with E-state index in [0.29, 0.717) is 22.4 Å². The zero-order valence-corrected chi connectivity index (χ0v) is 21.4. The Balaban J connectivity index is 0.00000133. The fourth-order valence-electron chi connectivity index (χ4n) is 6.05. The number of ketones is 1. The second-order valence-corrected chi connectivity index (χ2v) is 9.50. The van der Waals surface area contributed by atoms with Crippen molar-refractivity contribution in [2.24, 2.45) is 11.8 Å². The molecule has 2 bridgehead atoms. The smallest absolute Gasteiger partial charge is 0.171 e. The molecule has 2 aromatic carbocycles. The molecule has 0 saturated carbocycles. The number of nitrogens with zero attached hydrogens (tertiary/aromatic N) is 2. The van der Waals surface area contributed by atoms with Gasteiger partial charge in [-0.25, -0.2) is 0 Å². The maximum absolute atomic E-state index is 14.2.